The maximum atomic E-state index is 12.3. The summed E-state index contributed by atoms with van der Waals surface area (Å²) in [5, 5.41) is 14.8. The summed E-state index contributed by atoms with van der Waals surface area (Å²) < 4.78 is 1.55. The van der Waals surface area contributed by atoms with Gasteiger partial charge in [-0.1, -0.05) is 12.1 Å². The molecule has 0 unspecified atom stereocenters. The Balaban J connectivity index is 2.22. The van der Waals surface area contributed by atoms with Crippen molar-refractivity contribution in [3.63, 3.8) is 0 Å². The van der Waals surface area contributed by atoms with Gasteiger partial charge in [-0.25, -0.2) is 0 Å². The number of hydrogen-bond acceptors (Lipinski definition) is 4. The van der Waals surface area contributed by atoms with Gasteiger partial charge in [0.2, 0.25) is 0 Å². The molecule has 7 nitrogen and oxygen atoms in total. The van der Waals surface area contributed by atoms with Crippen molar-refractivity contribution in [2.24, 2.45) is 7.05 Å². The summed E-state index contributed by atoms with van der Waals surface area (Å²) in [5.74, 6) is -0.179. The number of aryl methyl sites for hydroxylation is 1. The lowest BCUT2D eigenvalue weighted by molar-refractivity contribution is -0.384. The first-order valence-corrected chi connectivity index (χ1v) is 6.40. The Bertz CT molecular complexity index is 680. The first-order valence-electron chi connectivity index (χ1n) is 6.40. The summed E-state index contributed by atoms with van der Waals surface area (Å²) in [6.07, 6.45) is 3.14. The van der Waals surface area contributed by atoms with Gasteiger partial charge in [0.05, 0.1) is 22.7 Å². The van der Waals surface area contributed by atoms with E-state index in [9.17, 15) is 14.9 Å². The number of hydrogen-bond donors (Lipinski definition) is 0. The van der Waals surface area contributed by atoms with Crippen LogP contribution in [0.1, 0.15) is 28.9 Å². The van der Waals surface area contributed by atoms with E-state index in [4.69, 9.17) is 0 Å². The van der Waals surface area contributed by atoms with Gasteiger partial charge in [0.15, 0.2) is 0 Å². The average molecular weight is 288 g/mol. The molecule has 0 bridgehead atoms. The lowest BCUT2D eigenvalue weighted by Crippen LogP contribution is -2.29. The fourth-order valence-corrected chi connectivity index (χ4v) is 2.03. The fourth-order valence-electron chi connectivity index (χ4n) is 2.03. The van der Waals surface area contributed by atoms with Crippen LogP contribution in [-0.4, -0.2) is 32.6 Å². The smallest absolute Gasteiger partial charge is 0.269 e. The van der Waals surface area contributed by atoms with Gasteiger partial charge in [0.1, 0.15) is 0 Å². The van der Waals surface area contributed by atoms with Gasteiger partial charge in [-0.3, -0.25) is 19.6 Å². The number of nitrogens with zero attached hydrogens (tertiary/aromatic N) is 4. The highest BCUT2D eigenvalue weighted by Gasteiger charge is 2.21. The summed E-state index contributed by atoms with van der Waals surface area (Å²) in [6.45, 7) is 1.83. The quantitative estimate of drug-likeness (QED) is 0.637. The largest absolute Gasteiger partial charge is 0.335 e. The number of nitro groups is 1. The van der Waals surface area contributed by atoms with E-state index in [1.165, 1.54) is 23.2 Å². The molecule has 7 heteroatoms. The van der Waals surface area contributed by atoms with Gasteiger partial charge < -0.3 is 4.90 Å². The van der Waals surface area contributed by atoms with Crippen LogP contribution in [0.4, 0.5) is 5.69 Å². The van der Waals surface area contributed by atoms with E-state index >= 15 is 0 Å². The van der Waals surface area contributed by atoms with E-state index in [-0.39, 0.29) is 17.6 Å². The third-order valence-electron chi connectivity index (χ3n) is 3.42. The van der Waals surface area contributed by atoms with Crippen molar-refractivity contribution < 1.29 is 9.72 Å². The van der Waals surface area contributed by atoms with Crippen LogP contribution in [0.3, 0.4) is 0 Å². The molecule has 0 saturated heterocycles. The SMILES string of the molecule is C[C@@H](c1cccc([N+](=O)[O-])c1)N(C)C(=O)c1cnn(C)c1. The Hall–Kier alpha value is -2.70. The zero-order valence-electron chi connectivity index (χ0n) is 12.1. The Morgan fingerprint density at radius 2 is 2.19 bits per heavy atom. The second-order valence-corrected chi connectivity index (χ2v) is 4.85. The molecule has 0 aliphatic heterocycles. The number of benzene rings is 1. The number of carbonyl (C=O) groups is 1. The zero-order chi connectivity index (χ0) is 15.6. The molecule has 2 aromatic rings. The third-order valence-corrected chi connectivity index (χ3v) is 3.42. The molecule has 1 atom stereocenters. The van der Waals surface area contributed by atoms with Crippen LogP contribution in [0, 0.1) is 10.1 Å². The summed E-state index contributed by atoms with van der Waals surface area (Å²) >= 11 is 0. The van der Waals surface area contributed by atoms with Gasteiger partial charge in [0, 0.05) is 32.4 Å². The van der Waals surface area contributed by atoms with Crippen molar-refractivity contribution in [1.29, 1.82) is 0 Å². The van der Waals surface area contributed by atoms with Crippen LogP contribution in [0.15, 0.2) is 36.7 Å². The molecule has 0 spiro atoms. The van der Waals surface area contributed by atoms with Gasteiger partial charge in [-0.05, 0) is 12.5 Å². The van der Waals surface area contributed by atoms with E-state index in [0.29, 0.717) is 11.1 Å². The van der Waals surface area contributed by atoms with E-state index in [1.807, 2.05) is 6.92 Å². The number of aromatic nitrogens is 2. The normalized spacial score (nSPS) is 12.0. The molecule has 0 aliphatic rings. The van der Waals surface area contributed by atoms with Gasteiger partial charge in [-0.15, -0.1) is 0 Å². The fraction of sp³-hybridized carbons (Fsp3) is 0.286. The van der Waals surface area contributed by atoms with Crippen LogP contribution in [0.5, 0.6) is 0 Å². The van der Waals surface area contributed by atoms with Gasteiger partial charge in [0.25, 0.3) is 11.6 Å². The van der Waals surface area contributed by atoms with E-state index in [1.54, 1.807) is 37.1 Å². The van der Waals surface area contributed by atoms with Crippen LogP contribution in [0.25, 0.3) is 0 Å². The second-order valence-electron chi connectivity index (χ2n) is 4.85. The number of amides is 1. The van der Waals surface area contributed by atoms with Gasteiger partial charge in [-0.2, -0.15) is 5.10 Å². The van der Waals surface area contributed by atoms with Crippen molar-refractivity contribution in [3.05, 3.63) is 57.9 Å². The van der Waals surface area contributed by atoms with Crippen LogP contribution in [-0.2, 0) is 7.05 Å². The minimum absolute atomic E-state index is 0.0153. The minimum Gasteiger partial charge on any atom is -0.335 e. The summed E-state index contributed by atoms with van der Waals surface area (Å²) in [5.41, 5.74) is 1.21. The molecule has 2 rings (SSSR count). The molecule has 1 aromatic carbocycles. The Kier molecular flexibility index (Phi) is 4.02. The van der Waals surface area contributed by atoms with Crippen molar-refractivity contribution in [2.75, 3.05) is 7.05 Å². The number of carbonyl (C=O) groups excluding carboxylic acids is 1. The van der Waals surface area contributed by atoms with Crippen LogP contribution in [0.2, 0.25) is 0 Å². The molecule has 110 valence electrons. The maximum Gasteiger partial charge on any atom is 0.269 e. The molecular weight excluding hydrogens is 272 g/mol. The van der Waals surface area contributed by atoms with Crippen LogP contribution < -0.4 is 0 Å². The monoisotopic (exact) mass is 288 g/mol. The summed E-state index contributed by atoms with van der Waals surface area (Å²) in [6, 6.07) is 6.02. The van der Waals surface area contributed by atoms with Crippen molar-refractivity contribution in [1.82, 2.24) is 14.7 Å². The molecule has 21 heavy (non-hydrogen) atoms. The molecule has 0 fully saturated rings. The molecule has 0 N–H and O–H groups in total. The highest BCUT2D eigenvalue weighted by Crippen LogP contribution is 2.24. The van der Waals surface area contributed by atoms with Crippen LogP contribution >= 0.6 is 0 Å². The molecule has 0 radical (unpaired) electrons. The lowest BCUT2D eigenvalue weighted by Gasteiger charge is -2.24. The molecule has 1 heterocycles. The predicted molar refractivity (Wildman–Crippen MR) is 76.8 cm³/mol. The lowest BCUT2D eigenvalue weighted by atomic mass is 10.1. The summed E-state index contributed by atoms with van der Waals surface area (Å²) in [7, 11) is 3.40. The first-order chi connectivity index (χ1) is 9.90. The Labute approximate surface area is 121 Å². The van der Waals surface area contributed by atoms with E-state index in [2.05, 4.69) is 5.10 Å². The Morgan fingerprint density at radius 3 is 2.76 bits per heavy atom. The highest BCUT2D eigenvalue weighted by molar-refractivity contribution is 5.93. The number of non-ortho nitro benzene ring substituents is 1. The number of nitro benzene ring substituents is 1. The topological polar surface area (TPSA) is 81.3 Å². The zero-order valence-corrected chi connectivity index (χ0v) is 12.1. The summed E-state index contributed by atoms with van der Waals surface area (Å²) in [4.78, 5) is 24.2. The second kappa shape index (κ2) is 5.74. The third kappa shape index (κ3) is 3.07. The maximum absolute atomic E-state index is 12.3. The molecule has 0 aliphatic carbocycles. The first kappa shape index (κ1) is 14.7. The highest BCUT2D eigenvalue weighted by atomic mass is 16.6. The van der Waals surface area contributed by atoms with Crippen molar-refractivity contribution >= 4 is 11.6 Å². The van der Waals surface area contributed by atoms with E-state index in [0.717, 1.165) is 0 Å². The van der Waals surface area contributed by atoms with Crippen molar-refractivity contribution in [2.45, 2.75) is 13.0 Å². The standard InChI is InChI=1S/C14H16N4O3/c1-10(11-5-4-6-13(7-11)18(20)21)17(3)14(19)12-8-15-16(2)9-12/h4-10H,1-3H3/t10-/m0/s1. The van der Waals surface area contributed by atoms with Crippen molar-refractivity contribution in [3.8, 4) is 0 Å². The van der Waals surface area contributed by atoms with E-state index < -0.39 is 4.92 Å². The molecule has 0 saturated carbocycles. The molecule has 1 amide bonds. The minimum atomic E-state index is -0.445. The predicted octanol–water partition coefficient (Wildman–Crippen LogP) is 2.16. The number of rotatable bonds is 4. The Morgan fingerprint density at radius 1 is 1.48 bits per heavy atom. The molecule has 1 aromatic heterocycles. The molecular formula is C14H16N4O3. The average Bonchev–Trinajstić information content (AvgIpc) is 2.91. The van der Waals surface area contributed by atoms with Gasteiger partial charge >= 0.3 is 0 Å².